The van der Waals surface area contributed by atoms with Crippen molar-refractivity contribution >= 4 is 29.2 Å². The maximum Gasteiger partial charge on any atom is 0.230 e. The largest absolute Gasteiger partial charge is 0.544 e. The van der Waals surface area contributed by atoms with Crippen LogP contribution in [0.4, 0.5) is 5.69 Å². The van der Waals surface area contributed by atoms with Crippen molar-refractivity contribution in [3.8, 4) is 0 Å². The van der Waals surface area contributed by atoms with E-state index in [0.717, 1.165) is 0 Å². The Labute approximate surface area is 133 Å². The lowest BCUT2D eigenvalue weighted by atomic mass is 10.2. The van der Waals surface area contributed by atoms with Crippen molar-refractivity contribution in [3.05, 3.63) is 29.3 Å². The molecule has 1 rings (SSSR count). The van der Waals surface area contributed by atoms with Crippen molar-refractivity contribution in [2.24, 2.45) is 0 Å². The van der Waals surface area contributed by atoms with Crippen LogP contribution < -0.4 is 15.7 Å². The van der Waals surface area contributed by atoms with Gasteiger partial charge in [-0.25, -0.2) is 0 Å². The van der Waals surface area contributed by atoms with Gasteiger partial charge in [-0.3, -0.25) is 4.79 Å². The summed E-state index contributed by atoms with van der Waals surface area (Å²) in [6, 6.07) is 5.57. The van der Waals surface area contributed by atoms with Gasteiger partial charge in [-0.05, 0) is 18.2 Å². The van der Waals surface area contributed by atoms with Gasteiger partial charge in [-0.2, -0.15) is 0 Å². The maximum atomic E-state index is 11.8. The Morgan fingerprint density at radius 3 is 2.82 bits per heavy atom. The minimum absolute atomic E-state index is 0.0913. The van der Waals surface area contributed by atoms with Gasteiger partial charge in [0.05, 0.1) is 38.8 Å². The van der Waals surface area contributed by atoms with Gasteiger partial charge in [-0.1, -0.05) is 17.7 Å². The lowest BCUT2D eigenvalue weighted by Gasteiger charge is -2.16. The number of ether oxygens (including phenoxy) is 1. The van der Waals surface area contributed by atoms with Crippen LogP contribution in [0.25, 0.3) is 0 Å². The molecule has 1 aromatic rings. The van der Waals surface area contributed by atoms with Crippen molar-refractivity contribution < 1.29 is 29.9 Å². The van der Waals surface area contributed by atoms with Crippen molar-refractivity contribution in [2.75, 3.05) is 31.7 Å². The number of carboxylic acid groups (broad SMARTS) is 1. The summed E-state index contributed by atoms with van der Waals surface area (Å²) in [6.07, 6.45) is -0.227. The first-order chi connectivity index (χ1) is 10.5. The summed E-state index contributed by atoms with van der Waals surface area (Å²) in [7, 11) is 0. The van der Waals surface area contributed by atoms with Gasteiger partial charge in [0.2, 0.25) is 5.91 Å². The number of hydrogen-bond acceptors (Lipinski definition) is 5. The van der Waals surface area contributed by atoms with Gasteiger partial charge < -0.3 is 30.4 Å². The van der Waals surface area contributed by atoms with Gasteiger partial charge in [0, 0.05) is 10.7 Å². The predicted molar refractivity (Wildman–Crippen MR) is 78.2 cm³/mol. The average Bonchev–Trinajstić information content (AvgIpc) is 2.45. The minimum atomic E-state index is -1.32. The lowest BCUT2D eigenvalue weighted by molar-refractivity contribution is -0.683. The SMILES string of the molecule is O=C(C[C@@H]([NH2+]CCOCCO)C(=O)[O-])Nc1cccc(Cl)c1. The van der Waals surface area contributed by atoms with Gasteiger partial charge in [0.25, 0.3) is 0 Å². The molecule has 8 heteroatoms. The molecule has 22 heavy (non-hydrogen) atoms. The van der Waals surface area contributed by atoms with Crippen LogP contribution in [0.1, 0.15) is 6.42 Å². The van der Waals surface area contributed by atoms with Crippen LogP contribution in [0.3, 0.4) is 0 Å². The zero-order chi connectivity index (χ0) is 16.4. The van der Waals surface area contributed by atoms with Crippen molar-refractivity contribution in [3.63, 3.8) is 0 Å². The fourth-order valence-corrected chi connectivity index (χ4v) is 1.95. The number of nitrogens with one attached hydrogen (secondary N) is 1. The molecule has 0 fully saturated rings. The summed E-state index contributed by atoms with van der Waals surface area (Å²) >= 11 is 5.80. The number of nitrogens with two attached hydrogens (primary N) is 1. The minimum Gasteiger partial charge on any atom is -0.544 e. The molecule has 0 heterocycles. The molecule has 0 saturated heterocycles. The Morgan fingerprint density at radius 1 is 1.41 bits per heavy atom. The standard InChI is InChI=1S/C14H19ClN2O5/c15-10-2-1-3-11(8-10)17-13(19)9-12(14(20)21)16-4-6-22-7-5-18/h1-3,8,12,16,18H,4-7,9H2,(H,17,19)(H,20,21)/t12-/m1/s1. The van der Waals surface area contributed by atoms with Crippen LogP contribution in [-0.4, -0.2) is 49.4 Å². The van der Waals surface area contributed by atoms with E-state index in [1.165, 1.54) is 5.32 Å². The van der Waals surface area contributed by atoms with Gasteiger partial charge >= 0.3 is 0 Å². The summed E-state index contributed by atoms with van der Waals surface area (Å²) in [5.74, 6) is -1.76. The highest BCUT2D eigenvalue weighted by Gasteiger charge is 2.18. The smallest absolute Gasteiger partial charge is 0.230 e. The van der Waals surface area contributed by atoms with Crippen LogP contribution in [0.15, 0.2) is 24.3 Å². The number of aliphatic carboxylic acids is 1. The highest BCUT2D eigenvalue weighted by molar-refractivity contribution is 6.30. The van der Waals surface area contributed by atoms with Gasteiger partial charge in [-0.15, -0.1) is 0 Å². The normalized spacial score (nSPS) is 11.9. The number of aliphatic hydroxyl groups is 1. The molecule has 0 aromatic heterocycles. The van der Waals surface area contributed by atoms with E-state index in [9.17, 15) is 14.7 Å². The van der Waals surface area contributed by atoms with E-state index < -0.39 is 17.9 Å². The van der Waals surface area contributed by atoms with E-state index in [0.29, 0.717) is 17.3 Å². The lowest BCUT2D eigenvalue weighted by Crippen LogP contribution is -2.94. The van der Waals surface area contributed by atoms with E-state index in [4.69, 9.17) is 21.4 Å². The third-order valence-corrected chi connectivity index (χ3v) is 3.00. The molecule has 0 spiro atoms. The van der Waals surface area contributed by atoms with Crippen molar-refractivity contribution in [2.45, 2.75) is 12.5 Å². The summed E-state index contributed by atoms with van der Waals surface area (Å²) in [5, 5.41) is 24.1. The van der Waals surface area contributed by atoms with Crippen molar-refractivity contribution in [1.82, 2.24) is 0 Å². The molecule has 4 N–H and O–H groups in total. The number of benzene rings is 1. The van der Waals surface area contributed by atoms with Crippen LogP contribution in [0, 0.1) is 0 Å². The molecule has 0 saturated carbocycles. The first-order valence-corrected chi connectivity index (χ1v) is 7.19. The van der Waals surface area contributed by atoms with E-state index in [1.54, 1.807) is 24.3 Å². The molecule has 1 atom stereocenters. The third kappa shape index (κ3) is 7.37. The summed E-state index contributed by atoms with van der Waals surface area (Å²) in [5.41, 5.74) is 0.501. The molecule has 0 radical (unpaired) electrons. The number of halogens is 1. The number of aliphatic hydroxyl groups excluding tert-OH is 1. The third-order valence-electron chi connectivity index (χ3n) is 2.77. The molecule has 7 nitrogen and oxygen atoms in total. The fourth-order valence-electron chi connectivity index (χ4n) is 1.76. The zero-order valence-electron chi connectivity index (χ0n) is 12.0. The number of carbonyl (C=O) groups excluding carboxylic acids is 2. The first-order valence-electron chi connectivity index (χ1n) is 6.81. The highest BCUT2D eigenvalue weighted by Crippen LogP contribution is 2.14. The van der Waals surface area contributed by atoms with Crippen LogP contribution in [0.2, 0.25) is 5.02 Å². The van der Waals surface area contributed by atoms with Crippen LogP contribution >= 0.6 is 11.6 Å². The number of amides is 1. The molecular weight excluding hydrogens is 312 g/mol. The monoisotopic (exact) mass is 330 g/mol. The molecule has 1 amide bonds. The second-order valence-corrected chi connectivity index (χ2v) is 4.98. The molecule has 1 aromatic carbocycles. The summed E-state index contributed by atoms with van der Waals surface area (Å²) < 4.78 is 5.02. The van der Waals surface area contributed by atoms with E-state index in [1.807, 2.05) is 0 Å². The summed E-state index contributed by atoms with van der Waals surface area (Å²) in [4.78, 5) is 22.9. The maximum absolute atomic E-state index is 11.8. The molecule has 0 unspecified atom stereocenters. The number of hydrogen-bond donors (Lipinski definition) is 3. The van der Waals surface area contributed by atoms with E-state index in [-0.39, 0.29) is 26.2 Å². The number of carbonyl (C=O) groups is 2. The number of anilines is 1. The predicted octanol–water partition coefficient (Wildman–Crippen LogP) is -1.64. The zero-order valence-corrected chi connectivity index (χ0v) is 12.7. The molecule has 122 valence electrons. The van der Waals surface area contributed by atoms with E-state index in [2.05, 4.69) is 5.32 Å². The highest BCUT2D eigenvalue weighted by atomic mass is 35.5. The molecule has 0 aliphatic rings. The Kier molecular flexibility index (Phi) is 8.46. The first kappa shape index (κ1) is 18.4. The summed E-state index contributed by atoms with van der Waals surface area (Å²) in [6.45, 7) is 0.731. The molecule has 0 bridgehead atoms. The second kappa shape index (κ2) is 10.1. The van der Waals surface area contributed by atoms with Gasteiger partial charge in [0.1, 0.15) is 6.04 Å². The number of quaternary nitrogens is 1. The van der Waals surface area contributed by atoms with Crippen LogP contribution in [0.5, 0.6) is 0 Å². The molecule has 0 aliphatic heterocycles. The quantitative estimate of drug-likeness (QED) is 0.445. The van der Waals surface area contributed by atoms with Crippen LogP contribution in [-0.2, 0) is 14.3 Å². The topological polar surface area (TPSA) is 115 Å². The Morgan fingerprint density at radius 2 is 2.18 bits per heavy atom. The number of carboxylic acids is 1. The average molecular weight is 331 g/mol. The molecule has 0 aliphatic carbocycles. The molecular formula is C14H19ClN2O5. The van der Waals surface area contributed by atoms with Crippen molar-refractivity contribution in [1.29, 1.82) is 0 Å². The second-order valence-electron chi connectivity index (χ2n) is 4.55. The Bertz CT molecular complexity index is 498. The Hall–Kier alpha value is -1.67. The Balaban J connectivity index is 2.41. The number of rotatable bonds is 10. The van der Waals surface area contributed by atoms with E-state index >= 15 is 0 Å². The van der Waals surface area contributed by atoms with Gasteiger partial charge in [0.15, 0.2) is 0 Å². The fraction of sp³-hybridized carbons (Fsp3) is 0.429.